The molecule has 3 rings (SSSR count). The van der Waals surface area contributed by atoms with Gasteiger partial charge in [0.2, 0.25) is 0 Å². The average Bonchev–Trinajstić information content (AvgIpc) is 2.99. The first-order chi connectivity index (χ1) is 9.61. The minimum Gasteiger partial charge on any atom is -0.256 e. The fourth-order valence-electron chi connectivity index (χ4n) is 1.92. The van der Waals surface area contributed by atoms with Gasteiger partial charge in [0, 0.05) is 16.6 Å². The molecule has 1 aromatic carbocycles. The average molecular weight is 367 g/mol. The molecule has 0 atom stereocenters. The van der Waals surface area contributed by atoms with Gasteiger partial charge < -0.3 is 0 Å². The number of hydrogen-bond acceptors (Lipinski definition) is 4. The number of benzene rings is 1. The molecular formula is C14H13BrN3S2+. The standard InChI is InChI=1S/C14H12BrN3S2/c1-8-13(19-9(2)17-8)12-7-16-14(20-12)18-11-5-3-10(15)4-6-11/h3-7H,1-2H3,(H,16,18)/p+1. The lowest BCUT2D eigenvalue weighted by Crippen LogP contribution is -2.70. The van der Waals surface area contributed by atoms with Crippen molar-refractivity contribution >= 4 is 49.4 Å². The highest BCUT2D eigenvalue weighted by atomic mass is 79.9. The topological polar surface area (TPSA) is 42.4 Å². The van der Waals surface area contributed by atoms with Gasteiger partial charge in [0.05, 0.1) is 26.7 Å². The lowest BCUT2D eigenvalue weighted by Gasteiger charge is -1.95. The monoisotopic (exact) mass is 366 g/mol. The summed E-state index contributed by atoms with van der Waals surface area (Å²) in [6.07, 6.45) is 1.94. The van der Waals surface area contributed by atoms with Gasteiger partial charge in [0.15, 0.2) is 0 Å². The molecular weight excluding hydrogens is 354 g/mol. The zero-order valence-corrected chi connectivity index (χ0v) is 14.3. The molecule has 0 unspecified atom stereocenters. The third kappa shape index (κ3) is 2.98. The maximum Gasteiger partial charge on any atom is 0.288 e. The second-order valence-corrected chi connectivity index (χ2v) is 7.59. The second-order valence-electron chi connectivity index (χ2n) is 4.41. The number of rotatable bonds is 3. The molecule has 0 fully saturated rings. The Bertz CT molecular complexity index is 731. The van der Waals surface area contributed by atoms with Crippen molar-refractivity contribution in [2.24, 2.45) is 0 Å². The van der Waals surface area contributed by atoms with Crippen molar-refractivity contribution in [3.8, 4) is 9.75 Å². The molecule has 0 saturated heterocycles. The predicted molar refractivity (Wildman–Crippen MR) is 88.1 cm³/mol. The van der Waals surface area contributed by atoms with E-state index in [9.17, 15) is 0 Å². The third-order valence-corrected chi connectivity index (χ3v) is 5.54. The Hall–Kier alpha value is -1.08. The Labute approximate surface area is 133 Å². The molecule has 0 amide bonds. The molecule has 0 aliphatic carbocycles. The maximum absolute atomic E-state index is 4.49. The molecule has 0 bridgehead atoms. The van der Waals surface area contributed by atoms with Gasteiger partial charge in [0.25, 0.3) is 5.13 Å². The summed E-state index contributed by atoms with van der Waals surface area (Å²) in [5, 5.41) is 4.22. The molecule has 0 saturated carbocycles. The van der Waals surface area contributed by atoms with Gasteiger partial charge in [0.1, 0.15) is 5.69 Å². The molecule has 2 heterocycles. The van der Waals surface area contributed by atoms with Gasteiger partial charge in [-0.1, -0.05) is 27.3 Å². The molecule has 3 aromatic rings. The Kier molecular flexibility index (Phi) is 3.98. The van der Waals surface area contributed by atoms with Gasteiger partial charge in [-0.15, -0.1) is 11.3 Å². The van der Waals surface area contributed by atoms with E-state index in [1.54, 1.807) is 22.7 Å². The van der Waals surface area contributed by atoms with Crippen molar-refractivity contribution in [3.63, 3.8) is 0 Å². The van der Waals surface area contributed by atoms with Gasteiger partial charge in [-0.05, 0) is 26.0 Å². The van der Waals surface area contributed by atoms with Crippen LogP contribution >= 0.6 is 38.6 Å². The van der Waals surface area contributed by atoms with E-state index in [2.05, 4.69) is 50.3 Å². The number of quaternary nitrogens is 1. The minimum atomic E-state index is 1.02. The largest absolute Gasteiger partial charge is 0.288 e. The number of aryl methyl sites for hydroxylation is 2. The molecule has 102 valence electrons. The first-order valence-electron chi connectivity index (χ1n) is 6.12. The summed E-state index contributed by atoms with van der Waals surface area (Å²) >= 11 is 6.88. The number of thiazole rings is 2. The first-order valence-corrected chi connectivity index (χ1v) is 8.55. The summed E-state index contributed by atoms with van der Waals surface area (Å²) in [6.45, 7) is 4.09. The van der Waals surface area contributed by atoms with Crippen LogP contribution in [0.1, 0.15) is 10.7 Å². The molecule has 2 aromatic heterocycles. The molecule has 2 N–H and O–H groups in total. The highest BCUT2D eigenvalue weighted by Gasteiger charge is 2.13. The van der Waals surface area contributed by atoms with Gasteiger partial charge in [-0.2, -0.15) is 4.98 Å². The number of nitrogens with two attached hydrogens (primary N) is 1. The van der Waals surface area contributed by atoms with E-state index in [1.165, 1.54) is 9.75 Å². The fraction of sp³-hybridized carbons (Fsp3) is 0.143. The van der Waals surface area contributed by atoms with Crippen molar-refractivity contribution in [3.05, 3.63) is 45.6 Å². The maximum atomic E-state index is 4.49. The number of halogens is 1. The summed E-state index contributed by atoms with van der Waals surface area (Å²) < 4.78 is 1.09. The van der Waals surface area contributed by atoms with Crippen LogP contribution in [0.3, 0.4) is 0 Å². The van der Waals surface area contributed by atoms with Crippen LogP contribution in [0.2, 0.25) is 0 Å². The van der Waals surface area contributed by atoms with Crippen molar-refractivity contribution in [1.82, 2.24) is 9.97 Å². The van der Waals surface area contributed by atoms with E-state index in [0.717, 1.165) is 26.0 Å². The molecule has 6 heteroatoms. The smallest absolute Gasteiger partial charge is 0.256 e. The van der Waals surface area contributed by atoms with Crippen LogP contribution < -0.4 is 5.32 Å². The van der Waals surface area contributed by atoms with Crippen LogP contribution in [-0.4, -0.2) is 9.97 Å². The van der Waals surface area contributed by atoms with Crippen molar-refractivity contribution in [2.45, 2.75) is 13.8 Å². The van der Waals surface area contributed by atoms with Crippen molar-refractivity contribution in [2.75, 3.05) is 0 Å². The van der Waals surface area contributed by atoms with Crippen LogP contribution in [0, 0.1) is 13.8 Å². The van der Waals surface area contributed by atoms with E-state index in [4.69, 9.17) is 0 Å². The lowest BCUT2D eigenvalue weighted by molar-refractivity contribution is -0.478. The normalized spacial score (nSPS) is 10.9. The van der Waals surface area contributed by atoms with Crippen LogP contribution in [0.5, 0.6) is 0 Å². The van der Waals surface area contributed by atoms with Gasteiger partial charge >= 0.3 is 0 Å². The summed E-state index contributed by atoms with van der Waals surface area (Å²) in [5.41, 5.74) is 2.25. The molecule has 3 nitrogen and oxygen atoms in total. The lowest BCUT2D eigenvalue weighted by atomic mass is 10.3. The molecule has 0 radical (unpaired) electrons. The SMILES string of the molecule is Cc1nc(C)c(-c2cnc([NH2+]c3ccc(Br)cc3)s2)s1. The van der Waals surface area contributed by atoms with Crippen molar-refractivity contribution in [1.29, 1.82) is 0 Å². The predicted octanol–water partition coefficient (Wildman–Crippen LogP) is 4.17. The van der Waals surface area contributed by atoms with Gasteiger partial charge in [-0.3, -0.25) is 5.32 Å². The first kappa shape index (κ1) is 13.9. The Morgan fingerprint density at radius 3 is 2.50 bits per heavy atom. The van der Waals surface area contributed by atoms with Crippen LogP contribution in [0.25, 0.3) is 9.75 Å². The Morgan fingerprint density at radius 1 is 1.10 bits per heavy atom. The summed E-state index contributed by atoms with van der Waals surface area (Å²) in [6, 6.07) is 8.23. The third-order valence-electron chi connectivity index (χ3n) is 2.81. The number of aromatic nitrogens is 2. The summed E-state index contributed by atoms with van der Waals surface area (Å²) in [4.78, 5) is 11.4. The molecule has 0 spiro atoms. The van der Waals surface area contributed by atoms with E-state index in [0.29, 0.717) is 0 Å². The molecule has 20 heavy (non-hydrogen) atoms. The van der Waals surface area contributed by atoms with E-state index in [1.807, 2.05) is 25.3 Å². The zero-order valence-electron chi connectivity index (χ0n) is 11.1. The minimum absolute atomic E-state index is 1.02. The van der Waals surface area contributed by atoms with E-state index < -0.39 is 0 Å². The highest BCUT2D eigenvalue weighted by Crippen LogP contribution is 2.34. The van der Waals surface area contributed by atoms with Crippen molar-refractivity contribution < 1.29 is 5.32 Å². The van der Waals surface area contributed by atoms with E-state index >= 15 is 0 Å². The zero-order chi connectivity index (χ0) is 14.1. The van der Waals surface area contributed by atoms with Crippen LogP contribution in [0.4, 0.5) is 10.8 Å². The number of hydrogen-bond donors (Lipinski definition) is 1. The van der Waals surface area contributed by atoms with E-state index in [-0.39, 0.29) is 0 Å². The fourth-order valence-corrected chi connectivity index (χ4v) is 4.13. The highest BCUT2D eigenvalue weighted by molar-refractivity contribution is 9.10. The second kappa shape index (κ2) is 5.73. The van der Waals surface area contributed by atoms with Crippen LogP contribution in [0.15, 0.2) is 34.9 Å². The molecule has 0 aliphatic heterocycles. The summed E-state index contributed by atoms with van der Waals surface area (Å²) in [5.74, 6) is 0. The molecule has 0 aliphatic rings. The number of nitrogens with zero attached hydrogens (tertiary/aromatic N) is 2. The quantitative estimate of drug-likeness (QED) is 0.706. The van der Waals surface area contributed by atoms with Gasteiger partial charge in [-0.25, -0.2) is 4.98 Å². The van der Waals surface area contributed by atoms with Crippen LogP contribution in [-0.2, 0) is 0 Å². The Balaban J connectivity index is 1.83. The Morgan fingerprint density at radius 2 is 1.85 bits per heavy atom. The summed E-state index contributed by atoms with van der Waals surface area (Å²) in [7, 11) is 0.